The maximum atomic E-state index is 9.94. The number of ether oxygens (including phenoxy) is 2. The molecule has 1 aliphatic carbocycles. The molecule has 2 aliphatic rings. The Hall–Kier alpha value is -2.46. The van der Waals surface area contributed by atoms with Gasteiger partial charge in [0.05, 0.1) is 0 Å². The first-order valence-electron chi connectivity index (χ1n) is 10.2. The summed E-state index contributed by atoms with van der Waals surface area (Å²) in [6, 6.07) is 13.8. The predicted octanol–water partition coefficient (Wildman–Crippen LogP) is 5.18. The number of fused-ring (bicyclic) bond motifs is 2. The molecule has 1 N–H and O–H groups in total. The van der Waals surface area contributed by atoms with Crippen LogP contribution in [0.3, 0.4) is 0 Å². The van der Waals surface area contributed by atoms with Gasteiger partial charge in [0.2, 0.25) is 0 Å². The number of allylic oxidation sites excluding steroid dienone is 1. The van der Waals surface area contributed by atoms with Gasteiger partial charge in [0.15, 0.2) is 0 Å². The first-order valence-corrected chi connectivity index (χ1v) is 10.2. The van der Waals surface area contributed by atoms with Crippen molar-refractivity contribution in [3.8, 4) is 17.2 Å². The Balaban J connectivity index is 1.61. The SMILES string of the molecule is CN(C)CCOc1ccc(C2Oc3cc(O)ccc3C3=C2CCCCC3)cc1. The first-order chi connectivity index (χ1) is 13.6. The van der Waals surface area contributed by atoms with Gasteiger partial charge >= 0.3 is 0 Å². The smallest absolute Gasteiger partial charge is 0.145 e. The quantitative estimate of drug-likeness (QED) is 0.777. The second-order valence-corrected chi connectivity index (χ2v) is 7.96. The molecule has 0 spiro atoms. The maximum absolute atomic E-state index is 9.94. The van der Waals surface area contributed by atoms with Crippen LogP contribution in [0.5, 0.6) is 17.2 Å². The van der Waals surface area contributed by atoms with E-state index in [9.17, 15) is 5.11 Å². The predicted molar refractivity (Wildman–Crippen MR) is 112 cm³/mol. The van der Waals surface area contributed by atoms with Gasteiger partial charge in [-0.3, -0.25) is 0 Å². The summed E-state index contributed by atoms with van der Waals surface area (Å²) in [7, 11) is 4.08. The lowest BCUT2D eigenvalue weighted by atomic mass is 9.87. The number of phenolic OH excluding ortho intramolecular Hbond substituents is 1. The van der Waals surface area contributed by atoms with Crippen LogP contribution in [0.1, 0.15) is 49.3 Å². The summed E-state index contributed by atoms with van der Waals surface area (Å²) in [5.74, 6) is 1.92. The van der Waals surface area contributed by atoms with Crippen LogP contribution in [0.4, 0.5) is 0 Å². The van der Waals surface area contributed by atoms with Gasteiger partial charge < -0.3 is 19.5 Å². The van der Waals surface area contributed by atoms with E-state index in [4.69, 9.17) is 9.47 Å². The number of benzene rings is 2. The molecule has 1 atom stereocenters. The number of rotatable bonds is 5. The van der Waals surface area contributed by atoms with Crippen molar-refractivity contribution in [2.75, 3.05) is 27.2 Å². The van der Waals surface area contributed by atoms with E-state index in [0.29, 0.717) is 6.61 Å². The van der Waals surface area contributed by atoms with E-state index in [-0.39, 0.29) is 11.9 Å². The summed E-state index contributed by atoms with van der Waals surface area (Å²) in [5.41, 5.74) is 5.10. The van der Waals surface area contributed by atoms with Gasteiger partial charge in [-0.2, -0.15) is 0 Å². The van der Waals surface area contributed by atoms with Crippen LogP contribution >= 0.6 is 0 Å². The van der Waals surface area contributed by atoms with E-state index in [0.717, 1.165) is 42.0 Å². The molecule has 0 bridgehead atoms. The molecule has 0 saturated heterocycles. The molecule has 0 saturated carbocycles. The van der Waals surface area contributed by atoms with Crippen molar-refractivity contribution in [3.63, 3.8) is 0 Å². The monoisotopic (exact) mass is 379 g/mol. The van der Waals surface area contributed by atoms with Crippen molar-refractivity contribution in [1.29, 1.82) is 0 Å². The van der Waals surface area contributed by atoms with Gasteiger partial charge in [0, 0.05) is 18.2 Å². The fourth-order valence-corrected chi connectivity index (χ4v) is 4.11. The molecule has 0 aromatic heterocycles. The Morgan fingerprint density at radius 1 is 1.04 bits per heavy atom. The number of nitrogens with zero attached hydrogens (tertiary/aromatic N) is 1. The molecular formula is C24H29NO3. The van der Waals surface area contributed by atoms with E-state index < -0.39 is 0 Å². The average molecular weight is 380 g/mol. The molecule has 0 radical (unpaired) electrons. The Labute approximate surface area is 167 Å². The van der Waals surface area contributed by atoms with Crippen molar-refractivity contribution in [1.82, 2.24) is 4.90 Å². The van der Waals surface area contributed by atoms with Crippen LogP contribution in [0.25, 0.3) is 5.57 Å². The standard InChI is InChI=1S/C24H29NO3/c1-25(2)14-15-27-19-11-8-17(9-12-19)24-22-7-5-3-4-6-20(22)21-13-10-18(26)16-23(21)28-24/h8-13,16,24,26H,3-7,14-15H2,1-2H3. The molecule has 0 fully saturated rings. The molecule has 1 aliphatic heterocycles. The normalized spacial score (nSPS) is 18.9. The highest BCUT2D eigenvalue weighted by molar-refractivity contribution is 5.77. The Kier molecular flexibility index (Phi) is 5.58. The number of phenols is 1. The third-order valence-electron chi connectivity index (χ3n) is 5.60. The molecule has 1 heterocycles. The topological polar surface area (TPSA) is 41.9 Å². The van der Waals surface area contributed by atoms with Crippen molar-refractivity contribution >= 4 is 5.57 Å². The first kappa shape index (κ1) is 18.9. The van der Waals surface area contributed by atoms with Crippen LogP contribution in [0.2, 0.25) is 0 Å². The average Bonchev–Trinajstić information content (AvgIpc) is 2.94. The molecular weight excluding hydrogens is 350 g/mol. The highest BCUT2D eigenvalue weighted by Gasteiger charge is 2.30. The zero-order chi connectivity index (χ0) is 19.5. The minimum absolute atomic E-state index is 0.0850. The molecule has 4 nitrogen and oxygen atoms in total. The van der Waals surface area contributed by atoms with E-state index in [1.165, 1.54) is 30.4 Å². The molecule has 0 amide bonds. The number of hydrogen-bond donors (Lipinski definition) is 1. The van der Waals surface area contributed by atoms with Gasteiger partial charge in [-0.1, -0.05) is 18.6 Å². The lowest BCUT2D eigenvalue weighted by Crippen LogP contribution is -2.19. The third-order valence-corrected chi connectivity index (χ3v) is 5.60. The number of hydrogen-bond acceptors (Lipinski definition) is 4. The lowest BCUT2D eigenvalue weighted by molar-refractivity contribution is 0.231. The van der Waals surface area contributed by atoms with Crippen molar-refractivity contribution in [2.24, 2.45) is 0 Å². The molecule has 4 rings (SSSR count). The van der Waals surface area contributed by atoms with Crippen LogP contribution in [0.15, 0.2) is 48.0 Å². The van der Waals surface area contributed by atoms with Gasteiger partial charge in [-0.05, 0) is 80.8 Å². The van der Waals surface area contributed by atoms with Crippen LogP contribution in [-0.2, 0) is 0 Å². The Bertz CT molecular complexity index is 855. The Morgan fingerprint density at radius 3 is 2.61 bits per heavy atom. The minimum atomic E-state index is -0.0850. The van der Waals surface area contributed by atoms with Gasteiger partial charge in [0.25, 0.3) is 0 Å². The Morgan fingerprint density at radius 2 is 1.82 bits per heavy atom. The largest absolute Gasteiger partial charge is 0.508 e. The van der Waals surface area contributed by atoms with Crippen molar-refractivity contribution in [3.05, 3.63) is 59.2 Å². The zero-order valence-electron chi connectivity index (χ0n) is 16.8. The second-order valence-electron chi connectivity index (χ2n) is 7.96. The summed E-state index contributed by atoms with van der Waals surface area (Å²) >= 11 is 0. The van der Waals surface area contributed by atoms with Crippen LogP contribution in [0, 0.1) is 0 Å². The van der Waals surface area contributed by atoms with Crippen molar-refractivity contribution < 1.29 is 14.6 Å². The van der Waals surface area contributed by atoms with Crippen molar-refractivity contribution in [2.45, 2.75) is 38.2 Å². The van der Waals surface area contributed by atoms with Crippen LogP contribution in [-0.4, -0.2) is 37.3 Å². The second kappa shape index (κ2) is 8.27. The number of likely N-dealkylation sites (N-methyl/N-ethyl adjacent to an activating group) is 1. The maximum Gasteiger partial charge on any atom is 0.145 e. The molecule has 1 unspecified atom stereocenters. The molecule has 148 valence electrons. The lowest BCUT2D eigenvalue weighted by Gasteiger charge is -2.31. The van der Waals surface area contributed by atoms with E-state index in [1.54, 1.807) is 12.1 Å². The van der Waals surface area contributed by atoms with E-state index in [2.05, 4.69) is 17.0 Å². The molecule has 4 heteroatoms. The van der Waals surface area contributed by atoms with Crippen LogP contribution < -0.4 is 9.47 Å². The van der Waals surface area contributed by atoms with Gasteiger partial charge in [0.1, 0.15) is 30.0 Å². The summed E-state index contributed by atoms with van der Waals surface area (Å²) in [6.07, 6.45) is 5.74. The molecule has 2 aromatic rings. The highest BCUT2D eigenvalue weighted by Crippen LogP contribution is 2.48. The highest BCUT2D eigenvalue weighted by atomic mass is 16.5. The van der Waals surface area contributed by atoms with E-state index >= 15 is 0 Å². The fraction of sp³-hybridized carbons (Fsp3) is 0.417. The summed E-state index contributed by atoms with van der Waals surface area (Å²) in [4.78, 5) is 2.11. The molecule has 28 heavy (non-hydrogen) atoms. The third kappa shape index (κ3) is 4.02. The summed E-state index contributed by atoms with van der Waals surface area (Å²) in [5, 5.41) is 9.94. The van der Waals surface area contributed by atoms with Gasteiger partial charge in [-0.25, -0.2) is 0 Å². The fourth-order valence-electron chi connectivity index (χ4n) is 4.11. The zero-order valence-corrected chi connectivity index (χ0v) is 16.8. The summed E-state index contributed by atoms with van der Waals surface area (Å²) < 4.78 is 12.2. The van der Waals surface area contributed by atoms with Gasteiger partial charge in [-0.15, -0.1) is 0 Å². The minimum Gasteiger partial charge on any atom is -0.508 e. The molecule has 2 aromatic carbocycles. The number of aromatic hydroxyl groups is 1. The summed E-state index contributed by atoms with van der Waals surface area (Å²) in [6.45, 7) is 1.57. The van der Waals surface area contributed by atoms with E-state index in [1.807, 2.05) is 32.3 Å².